The molecule has 90 valence electrons. The fourth-order valence-electron chi connectivity index (χ4n) is 0.793. The first-order valence-electron chi connectivity index (χ1n) is 4.98. The molecule has 17 heavy (non-hydrogen) atoms. The molecule has 0 aliphatic carbocycles. The summed E-state index contributed by atoms with van der Waals surface area (Å²) in [6.07, 6.45) is 0. The second-order valence-electron chi connectivity index (χ2n) is 3.36. The van der Waals surface area contributed by atoms with Gasteiger partial charge in [0.1, 0.15) is 0 Å². The molecular weight excluding hydrogens is 220 g/mol. The molecule has 0 aliphatic rings. The number of carbonyl (C=O) groups is 4. The number of rotatable bonds is 3. The average Bonchev–Trinajstić information content (AvgIpc) is 2.29. The van der Waals surface area contributed by atoms with Crippen molar-refractivity contribution in [2.45, 2.75) is 20.8 Å². The first-order chi connectivity index (χ1) is 7.86. The summed E-state index contributed by atoms with van der Waals surface area (Å²) in [5.41, 5.74) is 0.458. The van der Waals surface area contributed by atoms with Gasteiger partial charge >= 0.3 is 0 Å². The molecule has 0 bridgehead atoms. The molecular formula is C13H14O4. The van der Waals surface area contributed by atoms with E-state index in [-0.39, 0.29) is 11.6 Å². The monoisotopic (exact) mass is 234 g/mol. The second-order valence-corrected chi connectivity index (χ2v) is 3.36. The minimum absolute atomic E-state index is 0.380. The Bertz CT molecular complexity index is 420. The van der Waals surface area contributed by atoms with Crippen molar-refractivity contribution in [3.05, 3.63) is 35.9 Å². The first kappa shape index (κ1) is 14.9. The largest absolute Gasteiger partial charge is 0.291 e. The zero-order chi connectivity index (χ0) is 13.4. The first-order valence-corrected chi connectivity index (χ1v) is 4.98. The van der Waals surface area contributed by atoms with Gasteiger partial charge in [-0.05, 0) is 0 Å². The van der Waals surface area contributed by atoms with Crippen molar-refractivity contribution in [1.82, 2.24) is 0 Å². The highest BCUT2D eigenvalue weighted by molar-refractivity contribution is 6.42. The second kappa shape index (κ2) is 7.22. The molecule has 0 radical (unpaired) electrons. The van der Waals surface area contributed by atoms with Crippen LogP contribution in [0.1, 0.15) is 31.1 Å². The number of hydrogen-bond donors (Lipinski definition) is 0. The molecule has 1 aromatic carbocycles. The van der Waals surface area contributed by atoms with Crippen LogP contribution >= 0.6 is 0 Å². The maximum atomic E-state index is 11.0. The zero-order valence-corrected chi connectivity index (χ0v) is 10.0. The summed E-state index contributed by atoms with van der Waals surface area (Å²) in [6.45, 7) is 3.78. The topological polar surface area (TPSA) is 68.3 Å². The Morgan fingerprint density at radius 1 is 0.706 bits per heavy atom. The van der Waals surface area contributed by atoms with Crippen LogP contribution in [0.25, 0.3) is 0 Å². The van der Waals surface area contributed by atoms with Gasteiger partial charge in [-0.1, -0.05) is 30.3 Å². The van der Waals surface area contributed by atoms with Crippen LogP contribution in [-0.4, -0.2) is 23.1 Å². The van der Waals surface area contributed by atoms with Gasteiger partial charge in [-0.25, -0.2) is 0 Å². The number of Topliss-reactive ketones (excluding diaryl/α,β-unsaturated/α-hetero) is 4. The molecule has 1 aromatic rings. The van der Waals surface area contributed by atoms with Gasteiger partial charge in [0, 0.05) is 26.3 Å². The van der Waals surface area contributed by atoms with Crippen LogP contribution in [0.3, 0.4) is 0 Å². The van der Waals surface area contributed by atoms with E-state index in [0.717, 1.165) is 0 Å². The molecule has 4 nitrogen and oxygen atoms in total. The number of benzene rings is 1. The van der Waals surface area contributed by atoms with Crippen LogP contribution < -0.4 is 0 Å². The van der Waals surface area contributed by atoms with Crippen molar-refractivity contribution in [3.63, 3.8) is 0 Å². The van der Waals surface area contributed by atoms with E-state index < -0.39 is 11.6 Å². The van der Waals surface area contributed by atoms with Crippen molar-refractivity contribution < 1.29 is 19.2 Å². The van der Waals surface area contributed by atoms with Gasteiger partial charge in [0.2, 0.25) is 5.78 Å². The van der Waals surface area contributed by atoms with Crippen LogP contribution in [0, 0.1) is 0 Å². The fourth-order valence-corrected chi connectivity index (χ4v) is 0.793. The molecule has 0 saturated carbocycles. The van der Waals surface area contributed by atoms with Gasteiger partial charge in [-0.2, -0.15) is 0 Å². The lowest BCUT2D eigenvalue weighted by atomic mass is 10.1. The summed E-state index contributed by atoms with van der Waals surface area (Å²) < 4.78 is 0. The number of hydrogen-bond acceptors (Lipinski definition) is 4. The molecule has 0 amide bonds. The predicted molar refractivity (Wildman–Crippen MR) is 62.8 cm³/mol. The molecule has 0 spiro atoms. The van der Waals surface area contributed by atoms with Crippen LogP contribution in [0.5, 0.6) is 0 Å². The van der Waals surface area contributed by atoms with Gasteiger partial charge in [0.25, 0.3) is 0 Å². The number of ketones is 4. The van der Waals surface area contributed by atoms with E-state index in [4.69, 9.17) is 0 Å². The van der Waals surface area contributed by atoms with Crippen LogP contribution in [0.15, 0.2) is 30.3 Å². The minimum Gasteiger partial charge on any atom is -0.291 e. The molecule has 0 unspecified atom stereocenters. The third-order valence-corrected chi connectivity index (χ3v) is 1.85. The van der Waals surface area contributed by atoms with Gasteiger partial charge < -0.3 is 0 Å². The van der Waals surface area contributed by atoms with Crippen molar-refractivity contribution in [2.75, 3.05) is 0 Å². The predicted octanol–water partition coefficient (Wildman–Crippen LogP) is 1.62. The summed E-state index contributed by atoms with van der Waals surface area (Å²) in [6, 6.07) is 8.52. The normalized spacial score (nSPS) is 8.65. The summed E-state index contributed by atoms with van der Waals surface area (Å²) in [5, 5.41) is 0. The number of carbonyl (C=O) groups excluding carboxylic acids is 4. The maximum absolute atomic E-state index is 11.0. The van der Waals surface area contributed by atoms with Gasteiger partial charge in [0.05, 0.1) is 0 Å². The summed E-state index contributed by atoms with van der Waals surface area (Å²) in [4.78, 5) is 41.2. The van der Waals surface area contributed by atoms with E-state index in [9.17, 15) is 19.2 Å². The Balaban J connectivity index is 0.000000366. The highest BCUT2D eigenvalue weighted by atomic mass is 16.2. The fraction of sp³-hybridized carbons (Fsp3) is 0.231. The Morgan fingerprint density at radius 2 is 1.12 bits per heavy atom. The molecule has 0 aliphatic heterocycles. The van der Waals surface area contributed by atoms with Crippen LogP contribution in [0.4, 0.5) is 0 Å². The molecule has 0 aromatic heterocycles. The van der Waals surface area contributed by atoms with Crippen molar-refractivity contribution in [3.8, 4) is 0 Å². The van der Waals surface area contributed by atoms with Crippen LogP contribution in [0.2, 0.25) is 0 Å². The third-order valence-electron chi connectivity index (χ3n) is 1.85. The molecule has 0 saturated heterocycles. The summed E-state index contributed by atoms with van der Waals surface area (Å²) >= 11 is 0. The lowest BCUT2D eigenvalue weighted by Gasteiger charge is -1.93. The maximum Gasteiger partial charge on any atom is 0.228 e. The highest BCUT2D eigenvalue weighted by Crippen LogP contribution is 1.99. The Labute approximate surface area is 99.6 Å². The Morgan fingerprint density at radius 3 is 1.41 bits per heavy atom. The summed E-state index contributed by atoms with van der Waals surface area (Å²) in [7, 11) is 0. The van der Waals surface area contributed by atoms with E-state index in [2.05, 4.69) is 0 Å². The van der Waals surface area contributed by atoms with E-state index >= 15 is 0 Å². The van der Waals surface area contributed by atoms with Crippen molar-refractivity contribution in [1.29, 1.82) is 0 Å². The van der Waals surface area contributed by atoms with Crippen molar-refractivity contribution >= 4 is 23.1 Å². The lowest BCUT2D eigenvalue weighted by molar-refractivity contribution is -0.134. The van der Waals surface area contributed by atoms with E-state index in [1.807, 2.05) is 0 Å². The van der Waals surface area contributed by atoms with Gasteiger partial charge in [-0.3, -0.25) is 19.2 Å². The van der Waals surface area contributed by atoms with Gasteiger partial charge in [0.15, 0.2) is 17.3 Å². The van der Waals surface area contributed by atoms with Gasteiger partial charge in [-0.15, -0.1) is 0 Å². The van der Waals surface area contributed by atoms with Crippen molar-refractivity contribution in [2.24, 2.45) is 0 Å². The lowest BCUT2D eigenvalue weighted by Crippen LogP contribution is -2.08. The molecule has 0 atom stereocenters. The highest BCUT2D eigenvalue weighted by Gasteiger charge is 2.08. The standard InChI is InChI=1S/C9H8O2.C4H6O2/c1-7(10)9(11)8-5-3-2-4-6-8;1-3(5)4(2)6/h2-6H,1H3;1-2H3. The SMILES string of the molecule is CC(=O)C(=O)c1ccccc1.CC(=O)C(C)=O. The zero-order valence-electron chi connectivity index (χ0n) is 10.0. The third kappa shape index (κ3) is 6.14. The molecule has 0 N–H and O–H groups in total. The minimum atomic E-state index is -0.425. The van der Waals surface area contributed by atoms with E-state index in [1.165, 1.54) is 20.8 Å². The molecule has 0 heterocycles. The van der Waals surface area contributed by atoms with E-state index in [0.29, 0.717) is 5.56 Å². The Kier molecular flexibility index (Phi) is 6.33. The molecule has 1 rings (SSSR count). The molecule has 4 heteroatoms. The Hall–Kier alpha value is -2.10. The van der Waals surface area contributed by atoms with Crippen LogP contribution in [-0.2, 0) is 14.4 Å². The smallest absolute Gasteiger partial charge is 0.228 e. The van der Waals surface area contributed by atoms with E-state index in [1.54, 1.807) is 30.3 Å². The quantitative estimate of drug-likeness (QED) is 0.588. The molecule has 0 fully saturated rings. The average molecular weight is 234 g/mol. The summed E-state index contributed by atoms with van der Waals surface area (Å²) in [5.74, 6) is -1.60.